The summed E-state index contributed by atoms with van der Waals surface area (Å²) in [4.78, 5) is 0. The van der Waals surface area contributed by atoms with Gasteiger partial charge >= 0.3 is 0 Å². The normalized spacial score (nSPS) is 18.2. The maximum Gasteiger partial charge on any atom is 0.0585 e. The first-order valence-electron chi connectivity index (χ1n) is 3.84. The highest BCUT2D eigenvalue weighted by Gasteiger charge is 2.17. The summed E-state index contributed by atoms with van der Waals surface area (Å²) in [6.07, 6.45) is 2.07. The predicted octanol–water partition coefficient (Wildman–Crippen LogP) is -0.547. The molecule has 58 valence electrons. The average molecular weight is 148 g/mol. The molecule has 0 bridgehead atoms. The Morgan fingerprint density at radius 3 is 2.55 bits per heavy atom. The minimum Gasteiger partial charge on any atom is -0.342 e. The summed E-state index contributed by atoms with van der Waals surface area (Å²) >= 11 is 0. The smallest absolute Gasteiger partial charge is 0.0585 e. The second kappa shape index (κ2) is 2.24. The van der Waals surface area contributed by atoms with Crippen molar-refractivity contribution in [1.82, 2.24) is 9.88 Å². The quantitative estimate of drug-likeness (QED) is 0.565. The van der Waals surface area contributed by atoms with Gasteiger partial charge in [-0.05, 0) is 11.3 Å². The Morgan fingerprint density at radius 1 is 1.45 bits per heavy atom. The average Bonchev–Trinajstić information content (AvgIpc) is 2.15. The van der Waals surface area contributed by atoms with E-state index < -0.39 is 0 Å². The molecular formula is C9H12N2. The Labute approximate surface area is 65.8 Å². The minimum atomic E-state index is 0.609. The molecule has 1 aromatic heterocycles. The van der Waals surface area contributed by atoms with Gasteiger partial charge in [0.15, 0.2) is 0 Å². The monoisotopic (exact) mass is 148 g/mol. The Morgan fingerprint density at radius 2 is 2.18 bits per heavy atom. The fourth-order valence-corrected chi connectivity index (χ4v) is 1.33. The van der Waals surface area contributed by atoms with Crippen LogP contribution in [0.2, 0.25) is 0 Å². The molecular weight excluding hydrogens is 136 g/mol. The molecule has 1 aromatic rings. The van der Waals surface area contributed by atoms with E-state index >= 15 is 0 Å². The third-order valence-corrected chi connectivity index (χ3v) is 2.27. The van der Waals surface area contributed by atoms with Crippen molar-refractivity contribution < 1.29 is 0 Å². The standard InChI is InChI=1S/C9H12N2/c1-7-3-4-11(8(7)2)9-5-10-6-9/h3-4,9-10H,1-2,5-6H2. The van der Waals surface area contributed by atoms with Crippen LogP contribution in [0.25, 0.3) is 13.2 Å². The van der Waals surface area contributed by atoms with Crippen molar-refractivity contribution in [3.05, 3.63) is 22.8 Å². The molecule has 0 spiro atoms. The molecule has 1 N–H and O–H groups in total. The van der Waals surface area contributed by atoms with E-state index in [9.17, 15) is 0 Å². The van der Waals surface area contributed by atoms with Gasteiger partial charge in [-0.25, -0.2) is 0 Å². The van der Waals surface area contributed by atoms with E-state index in [2.05, 4.69) is 29.2 Å². The van der Waals surface area contributed by atoms with Gasteiger partial charge in [0.25, 0.3) is 0 Å². The molecule has 0 amide bonds. The molecule has 0 unspecified atom stereocenters. The predicted molar refractivity (Wildman–Crippen MR) is 46.6 cm³/mol. The highest BCUT2D eigenvalue weighted by molar-refractivity contribution is 5.13. The zero-order valence-corrected chi connectivity index (χ0v) is 6.51. The first-order chi connectivity index (χ1) is 5.29. The maximum atomic E-state index is 3.96. The van der Waals surface area contributed by atoms with Crippen molar-refractivity contribution in [3.8, 4) is 0 Å². The van der Waals surface area contributed by atoms with Crippen molar-refractivity contribution in [2.75, 3.05) is 13.1 Å². The molecule has 2 heteroatoms. The fraction of sp³-hybridized carbons (Fsp3) is 0.333. The molecule has 11 heavy (non-hydrogen) atoms. The number of nitrogens with one attached hydrogen (secondary N) is 1. The zero-order chi connectivity index (χ0) is 7.84. The second-order valence-electron chi connectivity index (χ2n) is 3.01. The van der Waals surface area contributed by atoms with Crippen molar-refractivity contribution in [3.63, 3.8) is 0 Å². The second-order valence-corrected chi connectivity index (χ2v) is 3.01. The van der Waals surface area contributed by atoms with Gasteiger partial charge < -0.3 is 9.88 Å². The van der Waals surface area contributed by atoms with Gasteiger partial charge in [-0.2, -0.15) is 0 Å². The first kappa shape index (κ1) is 6.68. The zero-order valence-electron chi connectivity index (χ0n) is 6.51. The molecule has 2 heterocycles. The topological polar surface area (TPSA) is 17.0 Å². The molecule has 1 aliphatic rings. The van der Waals surface area contributed by atoms with Crippen LogP contribution < -0.4 is 15.9 Å². The number of hydrogen-bond acceptors (Lipinski definition) is 1. The number of rotatable bonds is 1. The summed E-state index contributed by atoms with van der Waals surface area (Å²) in [6, 6.07) is 2.62. The number of nitrogens with zero attached hydrogens (tertiary/aromatic N) is 1. The van der Waals surface area contributed by atoms with Crippen LogP contribution in [-0.4, -0.2) is 17.7 Å². The van der Waals surface area contributed by atoms with E-state index in [1.807, 2.05) is 6.07 Å². The third-order valence-electron chi connectivity index (χ3n) is 2.27. The summed E-state index contributed by atoms with van der Waals surface area (Å²) in [5.41, 5.74) is 0. The molecule has 2 rings (SSSR count). The SMILES string of the molecule is C=c1ccn(C2CNC2)c1=C. The van der Waals surface area contributed by atoms with Gasteiger partial charge in [0.2, 0.25) is 0 Å². The molecule has 1 aliphatic heterocycles. The minimum absolute atomic E-state index is 0.609. The van der Waals surface area contributed by atoms with Crippen molar-refractivity contribution in [2.24, 2.45) is 0 Å². The van der Waals surface area contributed by atoms with Gasteiger partial charge in [-0.1, -0.05) is 13.2 Å². The van der Waals surface area contributed by atoms with Gasteiger partial charge in [0.1, 0.15) is 0 Å². The van der Waals surface area contributed by atoms with E-state index in [0.29, 0.717) is 6.04 Å². The molecule has 2 nitrogen and oxygen atoms in total. The van der Waals surface area contributed by atoms with Crippen LogP contribution in [0.4, 0.5) is 0 Å². The molecule has 0 radical (unpaired) electrons. The van der Waals surface area contributed by atoms with Crippen LogP contribution in [0.5, 0.6) is 0 Å². The van der Waals surface area contributed by atoms with Crippen molar-refractivity contribution >= 4 is 13.2 Å². The van der Waals surface area contributed by atoms with E-state index in [1.165, 1.54) is 0 Å². The number of hydrogen-bond donors (Lipinski definition) is 1. The summed E-state index contributed by atoms with van der Waals surface area (Å²) in [7, 11) is 0. The van der Waals surface area contributed by atoms with Gasteiger partial charge in [0, 0.05) is 24.6 Å². The van der Waals surface area contributed by atoms with Crippen LogP contribution in [0.15, 0.2) is 12.3 Å². The Hall–Kier alpha value is -1.02. The van der Waals surface area contributed by atoms with Crippen LogP contribution in [-0.2, 0) is 0 Å². The van der Waals surface area contributed by atoms with E-state index in [4.69, 9.17) is 0 Å². The molecule has 0 aliphatic carbocycles. The molecule has 0 aromatic carbocycles. The highest BCUT2D eigenvalue weighted by Crippen LogP contribution is 2.06. The van der Waals surface area contributed by atoms with Gasteiger partial charge in [0.05, 0.1) is 6.04 Å². The molecule has 0 atom stereocenters. The summed E-state index contributed by atoms with van der Waals surface area (Å²) < 4.78 is 2.19. The lowest BCUT2D eigenvalue weighted by Crippen LogP contribution is -2.47. The van der Waals surface area contributed by atoms with E-state index in [0.717, 1.165) is 23.7 Å². The summed E-state index contributed by atoms with van der Waals surface area (Å²) in [5, 5.41) is 5.32. The highest BCUT2D eigenvalue weighted by atomic mass is 15.1. The Balaban J connectivity index is 2.44. The Kier molecular flexibility index (Phi) is 1.36. The summed E-state index contributed by atoms with van der Waals surface area (Å²) in [6.45, 7) is 9.97. The van der Waals surface area contributed by atoms with E-state index in [1.54, 1.807) is 0 Å². The lowest BCUT2D eigenvalue weighted by Gasteiger charge is -2.28. The van der Waals surface area contributed by atoms with Crippen molar-refractivity contribution in [1.29, 1.82) is 0 Å². The number of aromatic nitrogens is 1. The lowest BCUT2D eigenvalue weighted by molar-refractivity contribution is 0.339. The van der Waals surface area contributed by atoms with Gasteiger partial charge in [-0.3, -0.25) is 0 Å². The van der Waals surface area contributed by atoms with Crippen LogP contribution in [0.1, 0.15) is 6.04 Å². The fourth-order valence-electron chi connectivity index (χ4n) is 1.33. The van der Waals surface area contributed by atoms with Crippen LogP contribution in [0.3, 0.4) is 0 Å². The molecule has 0 saturated carbocycles. The van der Waals surface area contributed by atoms with Gasteiger partial charge in [-0.15, -0.1) is 0 Å². The van der Waals surface area contributed by atoms with Crippen LogP contribution in [0, 0.1) is 0 Å². The first-order valence-corrected chi connectivity index (χ1v) is 3.84. The maximum absolute atomic E-state index is 3.96. The third kappa shape index (κ3) is 0.906. The lowest BCUT2D eigenvalue weighted by atomic mass is 10.2. The summed E-state index contributed by atoms with van der Waals surface area (Å²) in [5.74, 6) is 0. The Bertz CT molecular complexity index is 346. The molecule has 1 fully saturated rings. The van der Waals surface area contributed by atoms with E-state index in [-0.39, 0.29) is 0 Å². The van der Waals surface area contributed by atoms with Crippen molar-refractivity contribution in [2.45, 2.75) is 6.04 Å². The molecule has 1 saturated heterocycles. The largest absolute Gasteiger partial charge is 0.342 e. The van der Waals surface area contributed by atoms with Crippen LogP contribution >= 0.6 is 0 Å².